The van der Waals surface area contributed by atoms with Crippen LogP contribution >= 0.6 is 0 Å². The number of hydrogen-bond donors (Lipinski definition) is 1. The zero-order valence-electron chi connectivity index (χ0n) is 12.6. The lowest BCUT2D eigenvalue weighted by molar-refractivity contribution is 0.0565. The Morgan fingerprint density at radius 2 is 1.89 bits per heavy atom. The summed E-state index contributed by atoms with van der Waals surface area (Å²) in [5, 5.41) is 0. The molecule has 1 aromatic rings. The molecule has 1 aromatic carbocycles. The second-order valence-corrected chi connectivity index (χ2v) is 6.30. The summed E-state index contributed by atoms with van der Waals surface area (Å²) in [5.41, 5.74) is 7.08. The predicted octanol–water partition coefficient (Wildman–Crippen LogP) is 3.18. The molecule has 2 rings (SSSR count). The Kier molecular flexibility index (Phi) is 3.77. The predicted molar refractivity (Wildman–Crippen MR) is 80.9 cm³/mol. The summed E-state index contributed by atoms with van der Waals surface area (Å²) in [6.45, 7) is 10.3. The summed E-state index contributed by atoms with van der Waals surface area (Å²) in [6.07, 6.45) is 2.03. The van der Waals surface area contributed by atoms with E-state index in [4.69, 9.17) is 10.5 Å². The minimum atomic E-state index is -0.211. The second kappa shape index (κ2) is 5.04. The first-order valence-electron chi connectivity index (χ1n) is 7.21. The largest absolute Gasteiger partial charge is 0.483 e. The summed E-state index contributed by atoms with van der Waals surface area (Å²) in [5.74, 6) is 0.988. The molecule has 0 radical (unpaired) electrons. The fourth-order valence-electron chi connectivity index (χ4n) is 2.75. The Hall–Kier alpha value is -1.22. The molecule has 0 aliphatic carbocycles. The molecule has 19 heavy (non-hydrogen) atoms. The highest BCUT2D eigenvalue weighted by molar-refractivity contribution is 5.61. The van der Waals surface area contributed by atoms with Crippen LogP contribution in [-0.2, 0) is 0 Å². The fourth-order valence-corrected chi connectivity index (χ4v) is 2.75. The quantitative estimate of drug-likeness (QED) is 0.905. The van der Waals surface area contributed by atoms with E-state index in [1.807, 2.05) is 6.07 Å². The lowest BCUT2D eigenvalue weighted by atomic mass is 9.92. The number of benzene rings is 1. The third-order valence-electron chi connectivity index (χ3n) is 3.90. The first-order chi connectivity index (χ1) is 8.89. The Bertz CT molecular complexity index is 433. The highest BCUT2D eigenvalue weighted by Crippen LogP contribution is 2.39. The second-order valence-electron chi connectivity index (χ2n) is 6.30. The molecule has 3 heteroatoms. The maximum Gasteiger partial charge on any atom is 0.143 e. The number of para-hydroxylation sites is 2. The standard InChI is InChI=1S/C16H26N2O/c1-5-16(6-2)12-18(11-15(3,4)17)13-9-7-8-10-14(13)19-16/h7-10H,5-6,11-12,17H2,1-4H3. The number of fused-ring (bicyclic) bond motifs is 1. The summed E-state index contributed by atoms with van der Waals surface area (Å²) in [4.78, 5) is 2.38. The van der Waals surface area contributed by atoms with Gasteiger partial charge in [-0.1, -0.05) is 26.0 Å². The third kappa shape index (κ3) is 3.03. The first-order valence-corrected chi connectivity index (χ1v) is 7.21. The topological polar surface area (TPSA) is 38.5 Å². The molecule has 0 fully saturated rings. The van der Waals surface area contributed by atoms with Crippen LogP contribution in [0.25, 0.3) is 0 Å². The third-order valence-corrected chi connectivity index (χ3v) is 3.90. The summed E-state index contributed by atoms with van der Waals surface area (Å²) >= 11 is 0. The highest BCUT2D eigenvalue weighted by Gasteiger charge is 2.37. The van der Waals surface area contributed by atoms with Crippen molar-refractivity contribution in [3.63, 3.8) is 0 Å². The van der Waals surface area contributed by atoms with Crippen molar-refractivity contribution in [3.8, 4) is 5.75 Å². The maximum atomic E-state index is 6.28. The van der Waals surface area contributed by atoms with Gasteiger partial charge in [0.25, 0.3) is 0 Å². The minimum Gasteiger partial charge on any atom is -0.483 e. The van der Waals surface area contributed by atoms with Crippen molar-refractivity contribution in [1.82, 2.24) is 0 Å². The molecule has 0 amide bonds. The van der Waals surface area contributed by atoms with Crippen molar-refractivity contribution in [2.24, 2.45) is 5.73 Å². The van der Waals surface area contributed by atoms with Crippen LogP contribution in [0.15, 0.2) is 24.3 Å². The van der Waals surface area contributed by atoms with Crippen molar-refractivity contribution >= 4 is 5.69 Å². The van der Waals surface area contributed by atoms with Gasteiger partial charge in [-0.15, -0.1) is 0 Å². The van der Waals surface area contributed by atoms with Gasteiger partial charge in [0.15, 0.2) is 0 Å². The van der Waals surface area contributed by atoms with E-state index in [0.717, 1.165) is 31.7 Å². The number of ether oxygens (including phenoxy) is 1. The lowest BCUT2D eigenvalue weighted by Gasteiger charge is -2.45. The van der Waals surface area contributed by atoms with Gasteiger partial charge in [-0.25, -0.2) is 0 Å². The average molecular weight is 262 g/mol. The Labute approximate surface area is 116 Å². The van der Waals surface area contributed by atoms with Crippen molar-refractivity contribution in [2.75, 3.05) is 18.0 Å². The van der Waals surface area contributed by atoms with Gasteiger partial charge in [-0.05, 0) is 38.8 Å². The van der Waals surface area contributed by atoms with E-state index in [1.54, 1.807) is 0 Å². The molecular formula is C16H26N2O. The maximum absolute atomic E-state index is 6.28. The van der Waals surface area contributed by atoms with Crippen LogP contribution < -0.4 is 15.4 Å². The molecule has 0 atom stereocenters. The van der Waals surface area contributed by atoms with Crippen molar-refractivity contribution < 1.29 is 4.74 Å². The zero-order valence-corrected chi connectivity index (χ0v) is 12.6. The molecule has 1 aliphatic heterocycles. The SMILES string of the molecule is CCC1(CC)CN(CC(C)(C)N)c2ccccc2O1. The molecule has 0 bridgehead atoms. The monoisotopic (exact) mass is 262 g/mol. The van der Waals surface area contributed by atoms with Gasteiger partial charge in [-0.3, -0.25) is 0 Å². The number of nitrogens with two attached hydrogens (primary N) is 1. The molecule has 0 spiro atoms. The summed E-state index contributed by atoms with van der Waals surface area (Å²) in [6, 6.07) is 8.27. The molecule has 2 N–H and O–H groups in total. The van der Waals surface area contributed by atoms with E-state index in [-0.39, 0.29) is 11.1 Å². The van der Waals surface area contributed by atoms with Gasteiger partial charge < -0.3 is 15.4 Å². The smallest absolute Gasteiger partial charge is 0.143 e. The molecule has 3 nitrogen and oxygen atoms in total. The normalized spacial score (nSPS) is 17.8. The van der Waals surface area contributed by atoms with Gasteiger partial charge in [-0.2, -0.15) is 0 Å². The fraction of sp³-hybridized carbons (Fsp3) is 0.625. The Morgan fingerprint density at radius 3 is 2.47 bits per heavy atom. The summed E-state index contributed by atoms with van der Waals surface area (Å²) < 4.78 is 6.28. The van der Waals surface area contributed by atoms with Gasteiger partial charge in [0.1, 0.15) is 11.4 Å². The number of hydrogen-bond acceptors (Lipinski definition) is 3. The van der Waals surface area contributed by atoms with Crippen LogP contribution in [0.5, 0.6) is 5.75 Å². The van der Waals surface area contributed by atoms with E-state index in [1.165, 1.54) is 5.69 Å². The number of rotatable bonds is 4. The molecule has 106 valence electrons. The van der Waals surface area contributed by atoms with Gasteiger partial charge in [0, 0.05) is 12.1 Å². The van der Waals surface area contributed by atoms with E-state index in [0.29, 0.717) is 0 Å². The Balaban J connectivity index is 2.36. The lowest BCUT2D eigenvalue weighted by Crippen LogP contribution is -2.55. The van der Waals surface area contributed by atoms with Crippen LogP contribution in [0.2, 0.25) is 0 Å². The summed E-state index contributed by atoms with van der Waals surface area (Å²) in [7, 11) is 0. The van der Waals surface area contributed by atoms with E-state index in [2.05, 4.69) is 50.8 Å². The highest BCUT2D eigenvalue weighted by atomic mass is 16.5. The van der Waals surface area contributed by atoms with Crippen LogP contribution in [0, 0.1) is 0 Å². The van der Waals surface area contributed by atoms with Crippen molar-refractivity contribution in [3.05, 3.63) is 24.3 Å². The molecule has 1 heterocycles. The van der Waals surface area contributed by atoms with E-state index >= 15 is 0 Å². The number of anilines is 1. The van der Waals surface area contributed by atoms with Crippen LogP contribution in [0.4, 0.5) is 5.69 Å². The zero-order chi connectivity index (χ0) is 14.1. The molecule has 0 unspecified atom stereocenters. The van der Waals surface area contributed by atoms with Crippen molar-refractivity contribution in [2.45, 2.75) is 51.7 Å². The van der Waals surface area contributed by atoms with E-state index < -0.39 is 0 Å². The number of nitrogens with zero attached hydrogens (tertiary/aromatic N) is 1. The van der Waals surface area contributed by atoms with E-state index in [9.17, 15) is 0 Å². The molecule has 0 saturated carbocycles. The van der Waals surface area contributed by atoms with Gasteiger partial charge >= 0.3 is 0 Å². The van der Waals surface area contributed by atoms with Crippen LogP contribution in [0.3, 0.4) is 0 Å². The molecular weight excluding hydrogens is 236 g/mol. The van der Waals surface area contributed by atoms with Crippen LogP contribution in [0.1, 0.15) is 40.5 Å². The first kappa shape index (κ1) is 14.2. The molecule has 1 aliphatic rings. The average Bonchev–Trinajstić information content (AvgIpc) is 2.36. The Morgan fingerprint density at radius 1 is 1.26 bits per heavy atom. The molecule has 0 saturated heterocycles. The van der Waals surface area contributed by atoms with Gasteiger partial charge in [0.05, 0.1) is 12.2 Å². The van der Waals surface area contributed by atoms with Crippen molar-refractivity contribution in [1.29, 1.82) is 0 Å². The van der Waals surface area contributed by atoms with Crippen LogP contribution in [-0.4, -0.2) is 24.2 Å². The van der Waals surface area contributed by atoms with Gasteiger partial charge in [0.2, 0.25) is 0 Å². The molecule has 0 aromatic heterocycles. The minimum absolute atomic E-state index is 0.0837.